The maximum atomic E-state index is 12.8. The lowest BCUT2D eigenvalue weighted by molar-refractivity contribution is 0.0368. The molecule has 2 fully saturated rings. The number of rotatable bonds is 4. The molecule has 0 saturated carbocycles. The van der Waals surface area contributed by atoms with E-state index < -0.39 is 0 Å². The minimum absolute atomic E-state index is 0.0664. The quantitative estimate of drug-likeness (QED) is 0.799. The van der Waals surface area contributed by atoms with Gasteiger partial charge in [0.25, 0.3) is 5.91 Å². The van der Waals surface area contributed by atoms with Gasteiger partial charge in [0.15, 0.2) is 23.8 Å². The minimum atomic E-state index is -0.0664. The van der Waals surface area contributed by atoms with E-state index in [-0.39, 0.29) is 19.3 Å². The van der Waals surface area contributed by atoms with Gasteiger partial charge in [0.05, 0.1) is 0 Å². The highest BCUT2D eigenvalue weighted by Gasteiger charge is 2.32. The second kappa shape index (κ2) is 7.35. The van der Waals surface area contributed by atoms with Crippen LogP contribution in [0.4, 0.5) is 0 Å². The first-order valence-corrected chi connectivity index (χ1v) is 9.76. The number of piperidine rings is 1. The molecule has 0 spiro atoms. The van der Waals surface area contributed by atoms with Crippen LogP contribution < -0.4 is 14.2 Å². The molecule has 0 N–H and O–H groups in total. The number of carbonyl (C=O) groups is 1. The number of amides is 1. The average Bonchev–Trinajstić information content (AvgIpc) is 3.40. The smallest absolute Gasteiger partial charge is 0.275 e. The molecule has 5 rings (SSSR count). The van der Waals surface area contributed by atoms with Crippen LogP contribution in [-0.2, 0) is 6.61 Å². The molecule has 0 aliphatic carbocycles. The number of hydrogen-bond donors (Lipinski definition) is 0. The fourth-order valence-electron chi connectivity index (χ4n) is 4.09. The standard InChI is InChI=1S/C20H23N3O5/c24-20(23-8-7-22-6-2-1-3-14(22)10-23)16-11-26-19(21-16)12-25-15-4-5-17-18(9-15)28-13-27-17/h4-5,9,11,14H,1-3,6-8,10,12-13H2. The lowest BCUT2D eigenvalue weighted by atomic mass is 9.99. The predicted molar refractivity (Wildman–Crippen MR) is 98.5 cm³/mol. The van der Waals surface area contributed by atoms with E-state index in [9.17, 15) is 4.79 Å². The number of aromatic nitrogens is 1. The first-order chi connectivity index (χ1) is 13.8. The Morgan fingerprint density at radius 2 is 2.11 bits per heavy atom. The van der Waals surface area contributed by atoms with Crippen LogP contribution in [0, 0.1) is 0 Å². The maximum Gasteiger partial charge on any atom is 0.275 e. The van der Waals surface area contributed by atoms with Gasteiger partial charge in [-0.15, -0.1) is 0 Å². The highest BCUT2D eigenvalue weighted by molar-refractivity contribution is 5.92. The highest BCUT2D eigenvalue weighted by atomic mass is 16.7. The zero-order valence-corrected chi connectivity index (χ0v) is 15.6. The number of piperazine rings is 1. The largest absolute Gasteiger partial charge is 0.484 e. The van der Waals surface area contributed by atoms with Crippen molar-refractivity contribution in [2.75, 3.05) is 33.0 Å². The van der Waals surface area contributed by atoms with E-state index in [4.69, 9.17) is 18.6 Å². The molecule has 3 aliphatic rings. The van der Waals surface area contributed by atoms with E-state index in [0.29, 0.717) is 34.9 Å². The zero-order valence-electron chi connectivity index (χ0n) is 15.6. The molecule has 28 heavy (non-hydrogen) atoms. The number of ether oxygens (including phenoxy) is 3. The van der Waals surface area contributed by atoms with Crippen molar-refractivity contribution in [1.82, 2.24) is 14.8 Å². The van der Waals surface area contributed by atoms with E-state index in [1.807, 2.05) is 4.90 Å². The maximum absolute atomic E-state index is 12.8. The summed E-state index contributed by atoms with van der Waals surface area (Å²) in [7, 11) is 0. The highest BCUT2D eigenvalue weighted by Crippen LogP contribution is 2.35. The van der Waals surface area contributed by atoms with Crippen LogP contribution >= 0.6 is 0 Å². The summed E-state index contributed by atoms with van der Waals surface area (Å²) < 4.78 is 21.8. The summed E-state index contributed by atoms with van der Waals surface area (Å²) >= 11 is 0. The second-order valence-electron chi connectivity index (χ2n) is 7.37. The number of nitrogens with zero attached hydrogens (tertiary/aromatic N) is 3. The van der Waals surface area contributed by atoms with Crippen molar-refractivity contribution in [2.24, 2.45) is 0 Å². The van der Waals surface area contributed by atoms with Crippen LogP contribution in [0.25, 0.3) is 0 Å². The van der Waals surface area contributed by atoms with Gasteiger partial charge in [-0.1, -0.05) is 6.42 Å². The second-order valence-corrected chi connectivity index (χ2v) is 7.37. The van der Waals surface area contributed by atoms with Crippen molar-refractivity contribution in [2.45, 2.75) is 31.9 Å². The Bertz CT molecular complexity index is 867. The van der Waals surface area contributed by atoms with Crippen LogP contribution in [-0.4, -0.2) is 59.7 Å². The van der Waals surface area contributed by atoms with E-state index in [0.717, 1.165) is 32.6 Å². The molecule has 2 aromatic rings. The molecule has 0 radical (unpaired) electrons. The van der Waals surface area contributed by atoms with Gasteiger partial charge in [0.1, 0.15) is 12.0 Å². The normalized spacial score (nSPS) is 21.4. The lowest BCUT2D eigenvalue weighted by Gasteiger charge is -2.43. The minimum Gasteiger partial charge on any atom is -0.484 e. The van der Waals surface area contributed by atoms with Crippen LogP contribution in [0.3, 0.4) is 0 Å². The topological polar surface area (TPSA) is 77.3 Å². The van der Waals surface area contributed by atoms with Gasteiger partial charge in [0.2, 0.25) is 12.7 Å². The van der Waals surface area contributed by atoms with Crippen LogP contribution in [0.2, 0.25) is 0 Å². The van der Waals surface area contributed by atoms with Gasteiger partial charge in [-0.25, -0.2) is 4.98 Å². The van der Waals surface area contributed by atoms with Gasteiger partial charge < -0.3 is 23.5 Å². The summed E-state index contributed by atoms with van der Waals surface area (Å²) in [5.74, 6) is 2.29. The molecule has 1 unspecified atom stereocenters. The summed E-state index contributed by atoms with van der Waals surface area (Å²) in [6.45, 7) is 3.97. The SMILES string of the molecule is O=C(c1coc(COc2ccc3c(c2)OCO3)n1)N1CCN2CCCCC2C1. The number of benzene rings is 1. The Balaban J connectivity index is 1.19. The van der Waals surface area contributed by atoms with E-state index >= 15 is 0 Å². The fourth-order valence-corrected chi connectivity index (χ4v) is 4.09. The summed E-state index contributed by atoms with van der Waals surface area (Å²) in [5, 5.41) is 0. The number of oxazole rings is 1. The molecular weight excluding hydrogens is 362 g/mol. The molecular formula is C20H23N3O5. The third kappa shape index (κ3) is 3.40. The molecule has 148 valence electrons. The van der Waals surface area contributed by atoms with Gasteiger partial charge >= 0.3 is 0 Å². The molecule has 1 atom stereocenters. The first kappa shape index (κ1) is 17.4. The molecule has 1 aromatic heterocycles. The summed E-state index contributed by atoms with van der Waals surface area (Å²) in [6.07, 6.45) is 5.10. The Morgan fingerprint density at radius 3 is 3.07 bits per heavy atom. The monoisotopic (exact) mass is 385 g/mol. The lowest BCUT2D eigenvalue weighted by Crippen LogP contribution is -2.56. The van der Waals surface area contributed by atoms with E-state index in [1.54, 1.807) is 18.2 Å². The van der Waals surface area contributed by atoms with Crippen molar-refractivity contribution in [3.8, 4) is 17.2 Å². The number of carbonyl (C=O) groups excluding carboxylic acids is 1. The Morgan fingerprint density at radius 1 is 1.18 bits per heavy atom. The summed E-state index contributed by atoms with van der Waals surface area (Å²) in [4.78, 5) is 21.5. The zero-order chi connectivity index (χ0) is 18.9. The average molecular weight is 385 g/mol. The molecule has 4 heterocycles. The fraction of sp³-hybridized carbons (Fsp3) is 0.500. The molecule has 3 aliphatic heterocycles. The molecule has 0 bridgehead atoms. The molecule has 8 heteroatoms. The van der Waals surface area contributed by atoms with Crippen LogP contribution in [0.15, 0.2) is 28.9 Å². The van der Waals surface area contributed by atoms with Crippen molar-refractivity contribution in [3.63, 3.8) is 0 Å². The number of fused-ring (bicyclic) bond motifs is 2. The van der Waals surface area contributed by atoms with Gasteiger partial charge in [-0.05, 0) is 31.5 Å². The van der Waals surface area contributed by atoms with Gasteiger partial charge in [0, 0.05) is 31.7 Å². The molecule has 2 saturated heterocycles. The predicted octanol–water partition coefficient (Wildman–Crippen LogP) is 2.29. The summed E-state index contributed by atoms with van der Waals surface area (Å²) in [5.41, 5.74) is 0.341. The Labute approximate surface area is 163 Å². The summed E-state index contributed by atoms with van der Waals surface area (Å²) in [6, 6.07) is 5.84. The van der Waals surface area contributed by atoms with Crippen LogP contribution in [0.1, 0.15) is 35.6 Å². The third-order valence-corrected chi connectivity index (χ3v) is 5.60. The molecule has 1 amide bonds. The van der Waals surface area contributed by atoms with E-state index in [1.165, 1.54) is 19.1 Å². The van der Waals surface area contributed by atoms with Gasteiger partial charge in [-0.3, -0.25) is 9.69 Å². The van der Waals surface area contributed by atoms with Crippen molar-refractivity contribution >= 4 is 5.91 Å². The molecule has 1 aromatic carbocycles. The van der Waals surface area contributed by atoms with Crippen molar-refractivity contribution < 1.29 is 23.4 Å². The number of hydrogen-bond acceptors (Lipinski definition) is 7. The van der Waals surface area contributed by atoms with E-state index in [2.05, 4.69) is 9.88 Å². The third-order valence-electron chi connectivity index (χ3n) is 5.60. The Kier molecular flexibility index (Phi) is 4.56. The van der Waals surface area contributed by atoms with Gasteiger partial charge in [-0.2, -0.15) is 0 Å². The molecule has 8 nitrogen and oxygen atoms in total. The van der Waals surface area contributed by atoms with Crippen molar-refractivity contribution in [1.29, 1.82) is 0 Å². The van der Waals surface area contributed by atoms with Crippen molar-refractivity contribution in [3.05, 3.63) is 36.0 Å². The Hall–Kier alpha value is -2.74. The van der Waals surface area contributed by atoms with Crippen LogP contribution in [0.5, 0.6) is 17.2 Å². The first-order valence-electron chi connectivity index (χ1n) is 9.76.